The van der Waals surface area contributed by atoms with Crippen molar-refractivity contribution in [2.24, 2.45) is 0 Å². The van der Waals surface area contributed by atoms with Crippen LogP contribution >= 0.6 is 0 Å². The quantitative estimate of drug-likeness (QED) is 0.166. The molecule has 4 aliphatic rings. The fourth-order valence-electron chi connectivity index (χ4n) is 14.3. The Morgan fingerprint density at radius 3 is 1.37 bits per heavy atom. The van der Waals surface area contributed by atoms with Crippen LogP contribution in [0.25, 0.3) is 66.8 Å². The number of anilines is 3. The normalized spacial score (nSPS) is 15.3. The Hall–Kier alpha value is -8.00. The largest absolute Gasteiger partial charge is 0.310 e. The Bertz CT molecular complexity index is 4000. The van der Waals surface area contributed by atoms with E-state index in [2.05, 4.69) is 286 Å². The first-order valence-electron chi connectivity index (χ1n) is 27.5. The number of hydrogen-bond donors (Lipinski definition) is 0. The molecule has 76 heavy (non-hydrogen) atoms. The second-order valence-electron chi connectivity index (χ2n) is 25.3. The Balaban J connectivity index is 0.994. The van der Waals surface area contributed by atoms with Gasteiger partial charge in [0.25, 0.3) is 0 Å². The maximum Gasteiger partial charge on any atom is 0.0726 e. The molecule has 0 aliphatic heterocycles. The van der Waals surface area contributed by atoms with Gasteiger partial charge in [-0.2, -0.15) is 0 Å². The van der Waals surface area contributed by atoms with Gasteiger partial charge in [-0.15, -0.1) is 0 Å². The van der Waals surface area contributed by atoms with Gasteiger partial charge in [0.2, 0.25) is 0 Å². The molecule has 0 saturated heterocycles. The van der Waals surface area contributed by atoms with Gasteiger partial charge in [-0.25, -0.2) is 0 Å². The lowest BCUT2D eigenvalue weighted by Gasteiger charge is -2.33. The van der Waals surface area contributed by atoms with Gasteiger partial charge < -0.3 is 4.90 Å². The summed E-state index contributed by atoms with van der Waals surface area (Å²) in [6.45, 7) is 23.6. The van der Waals surface area contributed by atoms with Gasteiger partial charge in [0.05, 0.1) is 11.1 Å². The molecule has 0 N–H and O–H groups in total. The Labute approximate surface area is 450 Å². The van der Waals surface area contributed by atoms with E-state index < -0.39 is 5.41 Å². The smallest absolute Gasteiger partial charge is 0.0726 e. The molecule has 370 valence electrons. The summed E-state index contributed by atoms with van der Waals surface area (Å²) in [4.78, 5) is 2.54. The van der Waals surface area contributed by atoms with Gasteiger partial charge in [0, 0.05) is 27.8 Å². The average molecular weight is 980 g/mol. The topological polar surface area (TPSA) is 3.24 Å². The summed E-state index contributed by atoms with van der Waals surface area (Å²) in [5.41, 5.74) is 31.9. The van der Waals surface area contributed by atoms with E-state index in [1.165, 1.54) is 122 Å². The summed E-state index contributed by atoms with van der Waals surface area (Å²) in [5.74, 6) is 0. The van der Waals surface area contributed by atoms with E-state index in [9.17, 15) is 0 Å². The van der Waals surface area contributed by atoms with E-state index in [4.69, 9.17) is 0 Å². The number of nitrogens with zero attached hydrogens (tertiary/aromatic N) is 1. The second-order valence-corrected chi connectivity index (χ2v) is 25.3. The first-order valence-corrected chi connectivity index (χ1v) is 27.5. The van der Waals surface area contributed by atoms with Crippen molar-refractivity contribution in [2.75, 3.05) is 4.90 Å². The van der Waals surface area contributed by atoms with Gasteiger partial charge in [-0.3, -0.25) is 0 Å². The van der Waals surface area contributed by atoms with Crippen LogP contribution in [0.2, 0.25) is 0 Å². The SMILES string of the molecule is CC(C)(C)c1ccc2c(c1)-c1cc(C(C)(C)C)ccc1C21c2ccccc2-c2ccc(N(c3ccc(-c4cccc5c4C(C)(C)c4ccccc4-5)cc3)c3ccccc3-c3ccc4c(c3)C(C)(C)c3ccccc3-4)cc21. The summed E-state index contributed by atoms with van der Waals surface area (Å²) >= 11 is 0. The van der Waals surface area contributed by atoms with Crippen LogP contribution in [-0.4, -0.2) is 0 Å². The predicted octanol–water partition coefficient (Wildman–Crippen LogP) is 20.0. The second kappa shape index (κ2) is 16.0. The number of hydrogen-bond acceptors (Lipinski definition) is 1. The Morgan fingerprint density at radius 1 is 0.289 bits per heavy atom. The van der Waals surface area contributed by atoms with Crippen LogP contribution in [0.4, 0.5) is 17.1 Å². The molecule has 0 bridgehead atoms. The number of fused-ring (bicyclic) bond motifs is 16. The lowest BCUT2D eigenvalue weighted by atomic mass is 9.70. The van der Waals surface area contributed by atoms with Crippen molar-refractivity contribution in [3.63, 3.8) is 0 Å². The number of rotatable bonds is 5. The minimum absolute atomic E-state index is 0.00495. The van der Waals surface area contributed by atoms with Crippen molar-refractivity contribution >= 4 is 17.1 Å². The molecule has 0 aromatic heterocycles. The van der Waals surface area contributed by atoms with Crippen LogP contribution in [-0.2, 0) is 27.1 Å². The van der Waals surface area contributed by atoms with Crippen LogP contribution in [0.5, 0.6) is 0 Å². The average Bonchev–Trinajstić information content (AvgIpc) is 4.08. The molecule has 10 aromatic carbocycles. The molecule has 0 unspecified atom stereocenters. The van der Waals surface area contributed by atoms with Crippen molar-refractivity contribution in [3.05, 3.63) is 268 Å². The van der Waals surface area contributed by atoms with Crippen LogP contribution in [0, 0.1) is 0 Å². The molecule has 14 rings (SSSR count). The van der Waals surface area contributed by atoms with Gasteiger partial charge >= 0.3 is 0 Å². The van der Waals surface area contributed by atoms with E-state index in [1.807, 2.05) is 0 Å². The zero-order valence-electron chi connectivity index (χ0n) is 45.7. The molecule has 1 spiro atoms. The first kappa shape index (κ1) is 46.5. The molecule has 0 atom stereocenters. The summed E-state index contributed by atoms with van der Waals surface area (Å²) in [5, 5.41) is 0. The molecule has 1 heteroatoms. The fraction of sp³-hybridized carbons (Fsp3) is 0.200. The molecular weight excluding hydrogens is 915 g/mol. The van der Waals surface area contributed by atoms with Gasteiger partial charge in [-0.1, -0.05) is 245 Å². The maximum absolute atomic E-state index is 2.56. The van der Waals surface area contributed by atoms with Crippen molar-refractivity contribution in [1.29, 1.82) is 0 Å². The third kappa shape index (κ3) is 6.45. The molecule has 0 heterocycles. The third-order valence-corrected chi connectivity index (χ3v) is 18.2. The highest BCUT2D eigenvalue weighted by molar-refractivity contribution is 5.98. The van der Waals surface area contributed by atoms with Crippen molar-refractivity contribution in [1.82, 2.24) is 0 Å². The van der Waals surface area contributed by atoms with Crippen LogP contribution < -0.4 is 4.90 Å². The fourth-order valence-corrected chi connectivity index (χ4v) is 14.3. The maximum atomic E-state index is 2.56. The lowest BCUT2D eigenvalue weighted by Crippen LogP contribution is -2.26. The zero-order valence-corrected chi connectivity index (χ0v) is 45.7. The molecule has 0 amide bonds. The molecule has 0 saturated carbocycles. The van der Waals surface area contributed by atoms with E-state index in [-0.39, 0.29) is 21.7 Å². The van der Waals surface area contributed by atoms with Crippen molar-refractivity contribution < 1.29 is 0 Å². The summed E-state index contributed by atoms with van der Waals surface area (Å²) < 4.78 is 0. The molecule has 4 aliphatic carbocycles. The van der Waals surface area contributed by atoms with Crippen molar-refractivity contribution in [2.45, 2.75) is 96.3 Å². The van der Waals surface area contributed by atoms with Gasteiger partial charge in [0.15, 0.2) is 0 Å². The lowest BCUT2D eigenvalue weighted by molar-refractivity contribution is 0.589. The predicted molar refractivity (Wildman–Crippen MR) is 321 cm³/mol. The molecule has 0 fully saturated rings. The minimum Gasteiger partial charge on any atom is -0.310 e. The van der Waals surface area contributed by atoms with E-state index in [1.54, 1.807) is 0 Å². The van der Waals surface area contributed by atoms with E-state index in [0.29, 0.717) is 0 Å². The Kier molecular flexibility index (Phi) is 9.80. The third-order valence-electron chi connectivity index (χ3n) is 18.2. The highest BCUT2D eigenvalue weighted by Gasteiger charge is 2.52. The highest BCUT2D eigenvalue weighted by Crippen LogP contribution is 2.64. The first-order chi connectivity index (χ1) is 36.5. The van der Waals surface area contributed by atoms with E-state index in [0.717, 1.165) is 17.1 Å². The number of benzene rings is 10. The molecular formula is C75H65N. The standard InChI is InChI=1S/C75H65N/c1-71(2,3)48-33-40-65-60(43-48)61-44-49(72(4,5)6)34-41-66(61)75(65)64-28-17-13-22-55(64)58-39-37-51(45-68(58)75)76(50-35-30-46(31-36-50)53-24-19-25-59-56-23-12-16-27-63(56)74(9,10)70(53)59)69-29-18-14-20-52(69)47-32-38-57-54-21-11-15-26-62(54)73(7,8)67(57)42-47/h11-45H,1-10H3. The molecule has 1 nitrogen and oxygen atoms in total. The van der Waals surface area contributed by atoms with E-state index >= 15 is 0 Å². The van der Waals surface area contributed by atoms with Gasteiger partial charge in [0.1, 0.15) is 0 Å². The Morgan fingerprint density at radius 2 is 0.737 bits per heavy atom. The van der Waals surface area contributed by atoms with Crippen LogP contribution in [0.1, 0.15) is 125 Å². The number of para-hydroxylation sites is 1. The zero-order chi connectivity index (χ0) is 52.3. The minimum atomic E-state index is -0.521. The highest BCUT2D eigenvalue weighted by atomic mass is 15.1. The molecule has 10 aromatic rings. The molecule has 0 radical (unpaired) electrons. The summed E-state index contributed by atoms with van der Waals surface area (Å²) in [6, 6.07) is 81.9. The summed E-state index contributed by atoms with van der Waals surface area (Å²) in [7, 11) is 0. The van der Waals surface area contributed by atoms with Gasteiger partial charge in [-0.05, 0) is 164 Å². The van der Waals surface area contributed by atoms with Crippen molar-refractivity contribution in [3.8, 4) is 66.8 Å². The summed E-state index contributed by atoms with van der Waals surface area (Å²) in [6.07, 6.45) is 0. The van der Waals surface area contributed by atoms with Crippen LogP contribution in [0.3, 0.4) is 0 Å². The monoisotopic (exact) mass is 980 g/mol. The van der Waals surface area contributed by atoms with Crippen LogP contribution in [0.15, 0.2) is 212 Å².